The molecule has 0 saturated carbocycles. The van der Waals surface area contributed by atoms with E-state index < -0.39 is 0 Å². The van der Waals surface area contributed by atoms with E-state index in [1.807, 2.05) is 6.07 Å². The molecule has 0 atom stereocenters. The summed E-state index contributed by atoms with van der Waals surface area (Å²) in [4.78, 5) is 15.5. The molecule has 0 bridgehead atoms. The quantitative estimate of drug-likeness (QED) is 0.171. The van der Waals surface area contributed by atoms with Gasteiger partial charge < -0.3 is 4.57 Å². The maximum Gasteiger partial charge on any atom is 0.165 e. The molecule has 0 N–H and O–H groups in total. The van der Waals surface area contributed by atoms with Crippen molar-refractivity contribution < 1.29 is 0 Å². The van der Waals surface area contributed by atoms with Crippen molar-refractivity contribution in [1.82, 2.24) is 19.5 Å². The lowest BCUT2D eigenvalue weighted by Crippen LogP contribution is -2.00. The Balaban J connectivity index is 1.04. The minimum absolute atomic E-state index is 0.637. The van der Waals surface area contributed by atoms with E-state index in [0.29, 0.717) is 17.5 Å². The van der Waals surface area contributed by atoms with E-state index in [4.69, 9.17) is 15.0 Å². The number of hydrogen-bond donors (Lipinski definition) is 0. The fourth-order valence-corrected chi connectivity index (χ4v) is 9.23. The maximum absolute atomic E-state index is 5.19. The zero-order valence-corrected chi connectivity index (χ0v) is 31.0. The average Bonchev–Trinajstić information content (AvgIpc) is 3.83. The van der Waals surface area contributed by atoms with Crippen LogP contribution in [-0.4, -0.2) is 19.5 Å². The van der Waals surface area contributed by atoms with Gasteiger partial charge in [-0.25, -0.2) is 15.0 Å². The Labute approximate surface area is 327 Å². The van der Waals surface area contributed by atoms with Crippen molar-refractivity contribution in [1.29, 1.82) is 0 Å². The van der Waals surface area contributed by atoms with Gasteiger partial charge in [-0.1, -0.05) is 164 Å². The lowest BCUT2D eigenvalue weighted by atomic mass is 10.0. The molecule has 0 radical (unpaired) electrons. The number of para-hydroxylation sites is 3. The van der Waals surface area contributed by atoms with Crippen molar-refractivity contribution in [2.24, 2.45) is 0 Å². The van der Waals surface area contributed by atoms with Crippen molar-refractivity contribution in [2.75, 3.05) is 0 Å². The summed E-state index contributed by atoms with van der Waals surface area (Å²) in [5, 5.41) is 4.95. The molecule has 0 aliphatic heterocycles. The van der Waals surface area contributed by atoms with Crippen molar-refractivity contribution in [3.05, 3.63) is 194 Å². The molecule has 11 rings (SSSR count). The number of benzene rings is 8. The summed E-state index contributed by atoms with van der Waals surface area (Å²) < 4.78 is 4.81. The highest BCUT2D eigenvalue weighted by Gasteiger charge is 2.18. The fraction of sp³-hybridized carbons (Fsp3) is 0. The maximum atomic E-state index is 5.19. The van der Waals surface area contributed by atoms with E-state index in [1.54, 1.807) is 11.3 Å². The molecule has 0 spiro atoms. The van der Waals surface area contributed by atoms with Gasteiger partial charge in [-0.05, 0) is 47.0 Å². The highest BCUT2D eigenvalue weighted by Crippen LogP contribution is 2.40. The number of aromatic nitrogens is 4. The third-order valence-electron chi connectivity index (χ3n) is 10.7. The van der Waals surface area contributed by atoms with Gasteiger partial charge in [0.25, 0.3) is 0 Å². The van der Waals surface area contributed by atoms with Crippen LogP contribution in [0.4, 0.5) is 0 Å². The van der Waals surface area contributed by atoms with E-state index in [1.165, 1.54) is 47.5 Å². The molecule has 56 heavy (non-hydrogen) atoms. The van der Waals surface area contributed by atoms with Crippen LogP contribution < -0.4 is 0 Å². The molecule has 0 aliphatic rings. The van der Waals surface area contributed by atoms with Gasteiger partial charge in [0.1, 0.15) is 0 Å². The Kier molecular flexibility index (Phi) is 7.64. The van der Waals surface area contributed by atoms with Crippen LogP contribution in [0.15, 0.2) is 194 Å². The summed E-state index contributed by atoms with van der Waals surface area (Å²) in [5.41, 5.74) is 11.0. The normalized spacial score (nSPS) is 11.6. The van der Waals surface area contributed by atoms with Crippen molar-refractivity contribution >= 4 is 53.3 Å². The second-order valence-corrected chi connectivity index (χ2v) is 15.0. The molecule has 0 saturated heterocycles. The molecule has 8 aromatic carbocycles. The van der Waals surface area contributed by atoms with Crippen LogP contribution in [0.25, 0.3) is 104 Å². The molecule has 0 fully saturated rings. The van der Waals surface area contributed by atoms with Gasteiger partial charge >= 0.3 is 0 Å². The summed E-state index contributed by atoms with van der Waals surface area (Å²) in [5.74, 6) is 1.94. The zero-order chi connectivity index (χ0) is 37.0. The Morgan fingerprint density at radius 1 is 0.321 bits per heavy atom. The smallest absolute Gasteiger partial charge is 0.165 e. The van der Waals surface area contributed by atoms with Crippen LogP contribution in [0.5, 0.6) is 0 Å². The minimum atomic E-state index is 0.637. The number of fused-ring (bicyclic) bond motifs is 6. The Bertz CT molecular complexity index is 3180. The molecular weight excluding hydrogens is 701 g/mol. The molecule has 3 heterocycles. The van der Waals surface area contributed by atoms with Crippen molar-refractivity contribution in [2.45, 2.75) is 0 Å². The number of nitrogens with zero attached hydrogens (tertiary/aromatic N) is 4. The summed E-state index contributed by atoms with van der Waals surface area (Å²) >= 11 is 1.78. The van der Waals surface area contributed by atoms with Crippen molar-refractivity contribution in [3.63, 3.8) is 0 Å². The number of thiophene rings is 1. The summed E-state index contributed by atoms with van der Waals surface area (Å²) in [6.07, 6.45) is 0. The lowest BCUT2D eigenvalue weighted by Gasteiger charge is -2.14. The van der Waals surface area contributed by atoms with Crippen LogP contribution in [0.3, 0.4) is 0 Å². The topological polar surface area (TPSA) is 43.6 Å². The first-order valence-electron chi connectivity index (χ1n) is 18.8. The number of rotatable bonds is 6. The number of hydrogen-bond acceptors (Lipinski definition) is 4. The van der Waals surface area contributed by atoms with E-state index in [2.05, 4.69) is 193 Å². The van der Waals surface area contributed by atoms with Crippen LogP contribution in [0.2, 0.25) is 0 Å². The second kappa shape index (κ2) is 13.3. The van der Waals surface area contributed by atoms with E-state index >= 15 is 0 Å². The van der Waals surface area contributed by atoms with Crippen LogP contribution >= 0.6 is 11.3 Å². The molecule has 4 nitrogen and oxygen atoms in total. The summed E-state index contributed by atoms with van der Waals surface area (Å²) in [6, 6.07) is 68.6. The third-order valence-corrected chi connectivity index (χ3v) is 11.9. The van der Waals surface area contributed by atoms with Gasteiger partial charge in [0, 0.05) is 53.2 Å². The molecule has 0 aliphatic carbocycles. The Morgan fingerprint density at radius 2 is 0.804 bits per heavy atom. The molecule has 5 heteroatoms. The molecule has 3 aromatic heterocycles. The Hall–Kier alpha value is -7.21. The molecular formula is C51H32N4S. The molecule has 262 valence electrons. The predicted molar refractivity (Wildman–Crippen MR) is 234 cm³/mol. The van der Waals surface area contributed by atoms with E-state index in [9.17, 15) is 0 Å². The SMILES string of the molecule is c1ccc(-c2ccc(-c3nc(-c4ccc(-c5ccccc5-n5c6ccccc6c6ccccc65)cc4)nc(-c4cccc5c4sc4ccccc45)n3)cc2)cc1. The Morgan fingerprint density at radius 3 is 1.50 bits per heavy atom. The minimum Gasteiger partial charge on any atom is -0.309 e. The third kappa shape index (κ3) is 5.40. The second-order valence-electron chi connectivity index (χ2n) is 14.0. The van der Waals surface area contributed by atoms with E-state index in [0.717, 1.165) is 39.1 Å². The van der Waals surface area contributed by atoms with Crippen LogP contribution in [0.1, 0.15) is 0 Å². The average molecular weight is 733 g/mol. The van der Waals surface area contributed by atoms with Gasteiger partial charge in [0.15, 0.2) is 17.5 Å². The first-order valence-corrected chi connectivity index (χ1v) is 19.6. The van der Waals surface area contributed by atoms with Crippen LogP contribution in [0, 0.1) is 0 Å². The standard InChI is InChI=1S/C51H32N4S/c1-2-13-33(14-3-1)34-25-29-36(30-26-34)49-52-50(54-51(53-49)43-20-12-19-42-41-18-7-11-24-47(41)56-48(42)43)37-31-27-35(28-32-37)38-15-4-8-21-44(38)55-45-22-9-5-16-39(45)40-17-6-10-23-46(40)55/h1-32H. The monoisotopic (exact) mass is 732 g/mol. The molecule has 11 aromatic rings. The first-order chi connectivity index (χ1) is 27.8. The largest absolute Gasteiger partial charge is 0.309 e. The van der Waals surface area contributed by atoms with Gasteiger partial charge in [0.05, 0.1) is 16.7 Å². The summed E-state index contributed by atoms with van der Waals surface area (Å²) in [7, 11) is 0. The lowest BCUT2D eigenvalue weighted by molar-refractivity contribution is 1.08. The molecule has 0 amide bonds. The van der Waals surface area contributed by atoms with E-state index in [-0.39, 0.29) is 0 Å². The highest BCUT2D eigenvalue weighted by atomic mass is 32.1. The first kappa shape index (κ1) is 32.2. The fourth-order valence-electron chi connectivity index (χ4n) is 8.01. The predicted octanol–water partition coefficient (Wildman–Crippen LogP) is 13.7. The molecule has 0 unspecified atom stereocenters. The van der Waals surface area contributed by atoms with Crippen LogP contribution in [-0.2, 0) is 0 Å². The van der Waals surface area contributed by atoms with Crippen molar-refractivity contribution in [3.8, 4) is 62.1 Å². The van der Waals surface area contributed by atoms with Gasteiger partial charge in [-0.15, -0.1) is 11.3 Å². The summed E-state index contributed by atoms with van der Waals surface area (Å²) in [6.45, 7) is 0. The zero-order valence-electron chi connectivity index (χ0n) is 30.2. The van der Waals surface area contributed by atoms with Gasteiger partial charge in [-0.3, -0.25) is 0 Å². The van der Waals surface area contributed by atoms with Gasteiger partial charge in [-0.2, -0.15) is 0 Å². The van der Waals surface area contributed by atoms with Gasteiger partial charge in [0.2, 0.25) is 0 Å². The highest BCUT2D eigenvalue weighted by molar-refractivity contribution is 7.26.